The second-order valence-electron chi connectivity index (χ2n) is 6.73. The van der Waals surface area contributed by atoms with Crippen molar-refractivity contribution in [1.82, 2.24) is 0 Å². The van der Waals surface area contributed by atoms with Gasteiger partial charge in [0.1, 0.15) is 6.10 Å². The molecule has 3 aliphatic rings. The van der Waals surface area contributed by atoms with Gasteiger partial charge in [-0.15, -0.1) is 0 Å². The van der Waals surface area contributed by atoms with Crippen LogP contribution in [0, 0.1) is 23.7 Å². The Labute approximate surface area is 130 Å². The third kappa shape index (κ3) is 2.42. The predicted molar refractivity (Wildman–Crippen MR) is 82.4 cm³/mol. The Morgan fingerprint density at radius 3 is 2.90 bits per heavy atom. The van der Waals surface area contributed by atoms with Gasteiger partial charge < -0.3 is 4.74 Å². The van der Waals surface area contributed by atoms with Crippen molar-refractivity contribution < 1.29 is 9.53 Å². The van der Waals surface area contributed by atoms with Crippen molar-refractivity contribution >= 4 is 23.4 Å². The Morgan fingerprint density at radius 2 is 2.05 bits per heavy atom. The van der Waals surface area contributed by atoms with Crippen LogP contribution in [0.25, 0.3) is 0 Å². The molecule has 0 unspecified atom stereocenters. The molecule has 3 nitrogen and oxygen atoms in total. The predicted octanol–water partition coefficient (Wildman–Crippen LogP) is 4.71. The van der Waals surface area contributed by atoms with Gasteiger partial charge in [-0.05, 0) is 67.6 Å². The Morgan fingerprint density at radius 1 is 1.19 bits per heavy atom. The molecule has 1 aromatic carbocycles. The van der Waals surface area contributed by atoms with Gasteiger partial charge in [0.25, 0.3) is 0 Å². The SMILES string of the molecule is O=C(Nc1cccc(Cl)c1)O[C@H]1C[C@H]2C[C@@H]1[C@H]1CCC[C@H]21. The molecule has 2 bridgehead atoms. The number of carbonyl (C=O) groups is 1. The topological polar surface area (TPSA) is 38.3 Å². The summed E-state index contributed by atoms with van der Waals surface area (Å²) in [5.74, 6) is 3.14. The molecule has 21 heavy (non-hydrogen) atoms. The fourth-order valence-corrected chi connectivity index (χ4v) is 5.18. The average Bonchev–Trinajstić information content (AvgIpc) is 3.09. The molecule has 0 heterocycles. The van der Waals surface area contributed by atoms with E-state index in [1.807, 2.05) is 12.1 Å². The van der Waals surface area contributed by atoms with Crippen LogP contribution in [0.2, 0.25) is 5.02 Å². The second kappa shape index (κ2) is 5.20. The maximum atomic E-state index is 12.1. The van der Waals surface area contributed by atoms with E-state index in [1.165, 1.54) is 25.7 Å². The zero-order valence-electron chi connectivity index (χ0n) is 11.9. The van der Waals surface area contributed by atoms with Gasteiger partial charge >= 0.3 is 6.09 Å². The summed E-state index contributed by atoms with van der Waals surface area (Å²) >= 11 is 5.92. The lowest BCUT2D eigenvalue weighted by molar-refractivity contribution is 0.0431. The molecular formula is C17H20ClNO2. The van der Waals surface area contributed by atoms with Crippen molar-refractivity contribution in [2.24, 2.45) is 23.7 Å². The van der Waals surface area contributed by atoms with Crippen LogP contribution in [0.3, 0.4) is 0 Å². The van der Waals surface area contributed by atoms with Gasteiger partial charge in [-0.2, -0.15) is 0 Å². The molecule has 0 aromatic heterocycles. The van der Waals surface area contributed by atoms with Crippen molar-refractivity contribution in [1.29, 1.82) is 0 Å². The number of anilines is 1. The van der Waals surface area contributed by atoms with Crippen molar-refractivity contribution in [3.63, 3.8) is 0 Å². The van der Waals surface area contributed by atoms with E-state index in [2.05, 4.69) is 5.32 Å². The number of halogens is 1. The van der Waals surface area contributed by atoms with Crippen LogP contribution >= 0.6 is 11.6 Å². The largest absolute Gasteiger partial charge is 0.446 e. The minimum Gasteiger partial charge on any atom is -0.446 e. The van der Waals surface area contributed by atoms with Crippen molar-refractivity contribution in [2.75, 3.05) is 5.32 Å². The van der Waals surface area contributed by atoms with E-state index in [9.17, 15) is 4.79 Å². The van der Waals surface area contributed by atoms with Gasteiger partial charge in [0, 0.05) is 10.7 Å². The smallest absolute Gasteiger partial charge is 0.411 e. The minimum absolute atomic E-state index is 0.119. The van der Waals surface area contributed by atoms with E-state index >= 15 is 0 Å². The molecule has 4 heteroatoms. The lowest BCUT2D eigenvalue weighted by atomic mass is 9.80. The fourth-order valence-electron chi connectivity index (χ4n) is 4.99. The number of nitrogens with one attached hydrogen (secondary N) is 1. The van der Waals surface area contributed by atoms with Crippen molar-refractivity contribution in [3.8, 4) is 0 Å². The molecule has 0 saturated heterocycles. The van der Waals surface area contributed by atoms with Crippen LogP contribution in [0.1, 0.15) is 32.1 Å². The Kier molecular flexibility index (Phi) is 3.33. The summed E-state index contributed by atoms with van der Waals surface area (Å²) < 4.78 is 5.70. The van der Waals surface area contributed by atoms with Crippen LogP contribution in [0.4, 0.5) is 10.5 Å². The Balaban J connectivity index is 1.37. The highest BCUT2D eigenvalue weighted by Gasteiger charge is 2.55. The van der Waals surface area contributed by atoms with E-state index in [4.69, 9.17) is 16.3 Å². The van der Waals surface area contributed by atoms with E-state index in [0.717, 1.165) is 24.2 Å². The summed E-state index contributed by atoms with van der Waals surface area (Å²) in [5.41, 5.74) is 0.689. The lowest BCUT2D eigenvalue weighted by Crippen LogP contribution is -2.33. The minimum atomic E-state index is -0.343. The molecule has 3 saturated carbocycles. The zero-order valence-corrected chi connectivity index (χ0v) is 12.7. The molecular weight excluding hydrogens is 286 g/mol. The molecule has 1 N–H and O–H groups in total. The van der Waals surface area contributed by atoms with Gasteiger partial charge in [-0.1, -0.05) is 24.1 Å². The number of amides is 1. The van der Waals surface area contributed by atoms with Crippen LogP contribution in [-0.2, 0) is 4.74 Å². The number of hydrogen-bond donors (Lipinski definition) is 1. The van der Waals surface area contributed by atoms with Gasteiger partial charge in [0.15, 0.2) is 0 Å². The first-order valence-corrected chi connectivity index (χ1v) is 8.32. The summed E-state index contributed by atoms with van der Waals surface area (Å²) in [6, 6.07) is 7.16. The van der Waals surface area contributed by atoms with Crippen LogP contribution < -0.4 is 5.32 Å². The maximum absolute atomic E-state index is 12.1. The van der Waals surface area contributed by atoms with Crippen LogP contribution in [-0.4, -0.2) is 12.2 Å². The van der Waals surface area contributed by atoms with Gasteiger partial charge in [-0.3, -0.25) is 5.32 Å². The normalized spacial score (nSPS) is 36.5. The van der Waals surface area contributed by atoms with Gasteiger partial charge in [0.05, 0.1) is 0 Å². The molecule has 0 radical (unpaired) electrons. The summed E-state index contributed by atoms with van der Waals surface area (Å²) in [6.07, 6.45) is 6.20. The average molecular weight is 306 g/mol. The van der Waals surface area contributed by atoms with Crippen LogP contribution in [0.5, 0.6) is 0 Å². The number of carbonyl (C=O) groups excluding carboxylic acids is 1. The van der Waals surface area contributed by atoms with Crippen molar-refractivity contribution in [3.05, 3.63) is 29.3 Å². The zero-order chi connectivity index (χ0) is 14.4. The molecule has 0 aliphatic heterocycles. The second-order valence-corrected chi connectivity index (χ2v) is 7.17. The van der Waals surface area contributed by atoms with Gasteiger partial charge in [0.2, 0.25) is 0 Å². The highest BCUT2D eigenvalue weighted by molar-refractivity contribution is 6.30. The van der Waals surface area contributed by atoms with Gasteiger partial charge in [-0.25, -0.2) is 4.79 Å². The Bertz CT molecular complexity index is 561. The third-order valence-corrected chi connectivity index (χ3v) is 5.93. The van der Waals surface area contributed by atoms with E-state index in [-0.39, 0.29) is 12.2 Å². The molecule has 0 spiro atoms. The number of hydrogen-bond acceptors (Lipinski definition) is 2. The third-order valence-electron chi connectivity index (χ3n) is 5.70. The molecule has 5 atom stereocenters. The number of rotatable bonds is 2. The number of benzene rings is 1. The lowest BCUT2D eigenvalue weighted by Gasteiger charge is -2.31. The quantitative estimate of drug-likeness (QED) is 0.859. The van der Waals surface area contributed by atoms with Crippen LogP contribution in [0.15, 0.2) is 24.3 Å². The summed E-state index contributed by atoms with van der Waals surface area (Å²) in [7, 11) is 0. The van der Waals surface area contributed by atoms with E-state index < -0.39 is 0 Å². The van der Waals surface area contributed by atoms with Crippen molar-refractivity contribution in [2.45, 2.75) is 38.2 Å². The first kappa shape index (κ1) is 13.4. The fraction of sp³-hybridized carbons (Fsp3) is 0.588. The number of fused-ring (bicyclic) bond motifs is 5. The molecule has 112 valence electrons. The summed E-state index contributed by atoms with van der Waals surface area (Å²) in [4.78, 5) is 12.1. The molecule has 3 aliphatic carbocycles. The number of ether oxygens (including phenoxy) is 1. The maximum Gasteiger partial charge on any atom is 0.411 e. The first-order valence-electron chi connectivity index (χ1n) is 7.94. The highest BCUT2D eigenvalue weighted by atomic mass is 35.5. The molecule has 3 fully saturated rings. The van der Waals surface area contributed by atoms with E-state index in [0.29, 0.717) is 16.6 Å². The van der Waals surface area contributed by atoms with E-state index in [1.54, 1.807) is 12.1 Å². The first-order chi connectivity index (χ1) is 10.2. The standard InChI is InChI=1S/C17H20ClNO2/c18-11-3-1-4-12(9-11)19-17(20)21-16-8-10-7-15(16)14-6-2-5-13(10)14/h1,3-4,9-10,13-16H,2,5-8H2,(H,19,20)/t10-,13-,14+,15-,16+/m1/s1. The monoisotopic (exact) mass is 305 g/mol. The summed E-state index contributed by atoms with van der Waals surface area (Å²) in [5, 5.41) is 3.40. The molecule has 1 amide bonds. The highest BCUT2D eigenvalue weighted by Crippen LogP contribution is 2.59. The summed E-state index contributed by atoms with van der Waals surface area (Å²) in [6.45, 7) is 0. The molecule has 1 aromatic rings. The Hall–Kier alpha value is -1.22. The molecule has 4 rings (SSSR count).